The third kappa shape index (κ3) is 3.76. The Balaban J connectivity index is 1.74. The molecule has 30 heavy (non-hydrogen) atoms. The van der Waals surface area contributed by atoms with Crippen LogP contribution in [0, 0.1) is 6.92 Å². The lowest BCUT2D eigenvalue weighted by Gasteiger charge is -2.22. The van der Waals surface area contributed by atoms with E-state index in [9.17, 15) is 9.59 Å². The van der Waals surface area contributed by atoms with Crippen molar-refractivity contribution in [3.05, 3.63) is 67.9 Å². The first kappa shape index (κ1) is 20.3. The van der Waals surface area contributed by atoms with Gasteiger partial charge in [-0.1, -0.05) is 18.2 Å². The Bertz CT molecular complexity index is 1160. The minimum Gasteiger partial charge on any atom is -0.462 e. The monoisotopic (exact) mass is 424 g/mol. The highest BCUT2D eigenvalue weighted by molar-refractivity contribution is 7.16. The zero-order chi connectivity index (χ0) is 21.3. The van der Waals surface area contributed by atoms with E-state index in [4.69, 9.17) is 4.74 Å². The van der Waals surface area contributed by atoms with Crippen LogP contribution in [0.5, 0.6) is 0 Å². The number of fused-ring (bicyclic) bond motifs is 1. The first-order chi connectivity index (χ1) is 14.5. The van der Waals surface area contributed by atoms with Crippen LogP contribution in [0.1, 0.15) is 39.0 Å². The zero-order valence-electron chi connectivity index (χ0n) is 17.3. The number of carbonyl (C=O) groups is 1. The Morgan fingerprint density at radius 1 is 1.33 bits per heavy atom. The number of hydrogen-bond donors (Lipinski definition) is 1. The van der Waals surface area contributed by atoms with Crippen molar-refractivity contribution in [1.29, 1.82) is 0 Å². The minimum atomic E-state index is -0.348. The summed E-state index contributed by atoms with van der Waals surface area (Å²) in [5.74, 6) is -0.348. The third-order valence-electron chi connectivity index (χ3n) is 5.15. The number of hydrogen-bond acceptors (Lipinski definition) is 6. The molecule has 0 fully saturated rings. The van der Waals surface area contributed by atoms with Crippen molar-refractivity contribution in [3.63, 3.8) is 0 Å². The fourth-order valence-corrected chi connectivity index (χ4v) is 4.87. The van der Waals surface area contributed by atoms with E-state index in [0.29, 0.717) is 28.4 Å². The first-order valence-corrected chi connectivity index (χ1v) is 10.7. The Kier molecular flexibility index (Phi) is 5.69. The highest BCUT2D eigenvalue weighted by Gasteiger charge is 2.27. The molecule has 0 bridgehead atoms. The average Bonchev–Trinajstić information content (AvgIpc) is 3.23. The molecule has 0 radical (unpaired) electrons. The number of H-pyrrole nitrogens is 1. The molecule has 1 N–H and O–H groups in total. The number of ether oxygens (including phenoxy) is 1. The second kappa shape index (κ2) is 8.41. The number of aryl methyl sites for hydroxylation is 1. The number of likely N-dealkylation sites (N-methyl/N-ethyl adjacent to an activating group) is 1. The molecule has 0 saturated carbocycles. The standard InChI is InChI=1S/C22H24N4O3S/c1-4-29-22(28)19-16-10-11-25(3)13-18(16)30-20(19)23-12-17-14(2)24-26(21(17)27)15-8-6-5-7-9-15/h5-9,12,24H,4,10-11,13H2,1-3H3/b23-12+. The summed E-state index contributed by atoms with van der Waals surface area (Å²) in [4.78, 5) is 33.5. The van der Waals surface area contributed by atoms with Crippen LogP contribution < -0.4 is 5.56 Å². The van der Waals surface area contributed by atoms with Crippen LogP contribution >= 0.6 is 11.3 Å². The van der Waals surface area contributed by atoms with Crippen LogP contribution in [0.4, 0.5) is 5.00 Å². The Morgan fingerprint density at radius 3 is 2.83 bits per heavy atom. The summed E-state index contributed by atoms with van der Waals surface area (Å²) in [6, 6.07) is 9.39. The van der Waals surface area contributed by atoms with E-state index in [0.717, 1.165) is 35.6 Å². The van der Waals surface area contributed by atoms with Gasteiger partial charge in [0.15, 0.2) is 0 Å². The zero-order valence-corrected chi connectivity index (χ0v) is 18.1. The summed E-state index contributed by atoms with van der Waals surface area (Å²) >= 11 is 1.49. The molecule has 1 aliphatic heterocycles. The lowest BCUT2D eigenvalue weighted by molar-refractivity contribution is 0.0526. The molecule has 3 heterocycles. The fraction of sp³-hybridized carbons (Fsp3) is 0.318. The van der Waals surface area contributed by atoms with Crippen molar-refractivity contribution in [1.82, 2.24) is 14.7 Å². The third-order valence-corrected chi connectivity index (χ3v) is 6.28. The maximum Gasteiger partial charge on any atom is 0.341 e. The van der Waals surface area contributed by atoms with Gasteiger partial charge in [0.1, 0.15) is 5.00 Å². The van der Waals surface area contributed by atoms with Crippen molar-refractivity contribution in [2.75, 3.05) is 20.2 Å². The summed E-state index contributed by atoms with van der Waals surface area (Å²) < 4.78 is 6.79. The number of carbonyl (C=O) groups excluding carboxylic acids is 1. The molecule has 0 unspecified atom stereocenters. The van der Waals surface area contributed by atoms with Crippen LogP contribution in [0.2, 0.25) is 0 Å². The Hall–Kier alpha value is -2.97. The molecular weight excluding hydrogens is 400 g/mol. The van der Waals surface area contributed by atoms with Crippen LogP contribution in [-0.4, -0.2) is 47.1 Å². The molecule has 0 saturated heterocycles. The van der Waals surface area contributed by atoms with Crippen LogP contribution in [0.25, 0.3) is 5.69 Å². The number of nitrogens with zero attached hydrogens (tertiary/aromatic N) is 3. The maximum atomic E-state index is 12.9. The molecule has 3 aromatic rings. The molecule has 0 amide bonds. The lowest BCUT2D eigenvalue weighted by atomic mass is 10.0. The van der Waals surface area contributed by atoms with E-state index in [1.165, 1.54) is 16.0 Å². The topological polar surface area (TPSA) is 79.7 Å². The Morgan fingerprint density at radius 2 is 2.10 bits per heavy atom. The molecule has 8 heteroatoms. The number of thiophene rings is 1. The number of rotatable bonds is 5. The number of para-hydroxylation sites is 1. The predicted octanol–water partition coefficient (Wildman–Crippen LogP) is 3.45. The van der Waals surface area contributed by atoms with Gasteiger partial charge >= 0.3 is 5.97 Å². The number of aliphatic imine (C=N–C) groups is 1. The number of aromatic amines is 1. The lowest BCUT2D eigenvalue weighted by Crippen LogP contribution is -2.26. The van der Waals surface area contributed by atoms with E-state index < -0.39 is 0 Å². The molecule has 0 spiro atoms. The molecule has 7 nitrogen and oxygen atoms in total. The molecular formula is C22H24N4O3S. The van der Waals surface area contributed by atoms with Gasteiger partial charge in [0.2, 0.25) is 0 Å². The van der Waals surface area contributed by atoms with Crippen molar-refractivity contribution in [2.45, 2.75) is 26.8 Å². The van der Waals surface area contributed by atoms with Crippen LogP contribution in [-0.2, 0) is 17.7 Å². The van der Waals surface area contributed by atoms with Crippen molar-refractivity contribution >= 4 is 28.5 Å². The molecule has 0 atom stereocenters. The normalized spacial score (nSPS) is 14.2. The van der Waals surface area contributed by atoms with Gasteiger partial charge in [-0.05, 0) is 45.0 Å². The van der Waals surface area contributed by atoms with Gasteiger partial charge in [-0.3, -0.25) is 9.89 Å². The van der Waals surface area contributed by atoms with Gasteiger partial charge in [-0.15, -0.1) is 11.3 Å². The molecule has 156 valence electrons. The number of nitrogens with one attached hydrogen (secondary N) is 1. The number of esters is 1. The van der Waals surface area contributed by atoms with Gasteiger partial charge in [-0.2, -0.15) is 0 Å². The van der Waals surface area contributed by atoms with E-state index in [2.05, 4.69) is 22.0 Å². The molecule has 2 aromatic heterocycles. The Labute approximate surface area is 178 Å². The highest BCUT2D eigenvalue weighted by atomic mass is 32.1. The fourth-order valence-electron chi connectivity index (χ4n) is 3.62. The van der Waals surface area contributed by atoms with Gasteiger partial charge < -0.3 is 9.64 Å². The average molecular weight is 425 g/mol. The number of aromatic nitrogens is 2. The minimum absolute atomic E-state index is 0.179. The van der Waals surface area contributed by atoms with Crippen LogP contribution in [0.15, 0.2) is 40.1 Å². The van der Waals surface area contributed by atoms with Gasteiger partial charge in [-0.25, -0.2) is 14.5 Å². The summed E-state index contributed by atoms with van der Waals surface area (Å²) in [5, 5.41) is 3.69. The first-order valence-electron chi connectivity index (χ1n) is 9.91. The van der Waals surface area contributed by atoms with E-state index in [1.54, 1.807) is 13.1 Å². The van der Waals surface area contributed by atoms with Gasteiger partial charge in [0.05, 0.1) is 23.4 Å². The second-order valence-electron chi connectivity index (χ2n) is 7.28. The van der Waals surface area contributed by atoms with E-state index in [1.807, 2.05) is 37.3 Å². The quantitative estimate of drug-likeness (QED) is 0.503. The van der Waals surface area contributed by atoms with Gasteiger partial charge in [0.25, 0.3) is 5.56 Å². The highest BCUT2D eigenvalue weighted by Crippen LogP contribution is 2.39. The van der Waals surface area contributed by atoms with Crippen molar-refractivity contribution in [3.8, 4) is 5.69 Å². The SMILES string of the molecule is CCOC(=O)c1c(/N=C/c2c(C)[nH]n(-c3ccccc3)c2=O)sc2c1CCN(C)C2. The molecule has 1 aliphatic rings. The second-order valence-corrected chi connectivity index (χ2v) is 8.36. The van der Waals surface area contributed by atoms with Crippen molar-refractivity contribution < 1.29 is 9.53 Å². The predicted molar refractivity (Wildman–Crippen MR) is 119 cm³/mol. The summed E-state index contributed by atoms with van der Waals surface area (Å²) in [6.07, 6.45) is 2.34. The largest absolute Gasteiger partial charge is 0.462 e. The maximum absolute atomic E-state index is 12.9. The van der Waals surface area contributed by atoms with Crippen molar-refractivity contribution in [2.24, 2.45) is 4.99 Å². The molecule has 0 aliphatic carbocycles. The van der Waals surface area contributed by atoms with E-state index >= 15 is 0 Å². The summed E-state index contributed by atoms with van der Waals surface area (Å²) in [7, 11) is 2.06. The number of benzene rings is 1. The smallest absolute Gasteiger partial charge is 0.341 e. The molecule has 4 rings (SSSR count). The van der Waals surface area contributed by atoms with Gasteiger partial charge in [0, 0.05) is 29.9 Å². The van der Waals surface area contributed by atoms with E-state index in [-0.39, 0.29) is 11.5 Å². The molecule has 1 aromatic carbocycles. The summed E-state index contributed by atoms with van der Waals surface area (Å²) in [5.41, 5.74) is 3.32. The summed E-state index contributed by atoms with van der Waals surface area (Å²) in [6.45, 7) is 5.61. The van der Waals surface area contributed by atoms with Crippen LogP contribution in [0.3, 0.4) is 0 Å².